The number of aromatic nitrogens is 2. The number of β-amino-alcohol motifs (C(OH)–C–C–N with tert-alkyl or cyclic N) is 1. The molecule has 2 aromatic rings. The smallest absolute Gasteiger partial charge is 0.255 e. The van der Waals surface area contributed by atoms with E-state index >= 15 is 0 Å². The molecule has 1 aromatic carbocycles. The maximum Gasteiger partial charge on any atom is 0.255 e. The third-order valence-corrected chi connectivity index (χ3v) is 4.48. The highest BCUT2D eigenvalue weighted by Crippen LogP contribution is 2.17. The fourth-order valence-corrected chi connectivity index (χ4v) is 3.22. The Hall–Kier alpha value is -2.18. The largest absolute Gasteiger partial charge is 0.392 e. The Morgan fingerprint density at radius 2 is 2.08 bits per heavy atom. The highest BCUT2D eigenvalue weighted by atomic mass is 16.3. The fraction of sp³-hybridized carbons (Fsp3) is 0.444. The molecule has 0 bridgehead atoms. The van der Waals surface area contributed by atoms with E-state index in [-0.39, 0.29) is 12.0 Å². The van der Waals surface area contributed by atoms with Crippen LogP contribution in [0, 0.1) is 13.8 Å². The van der Waals surface area contributed by atoms with Crippen LogP contribution in [0.15, 0.2) is 30.3 Å². The summed E-state index contributed by atoms with van der Waals surface area (Å²) in [4.78, 5) is 14.7. The van der Waals surface area contributed by atoms with Crippen LogP contribution in [0.2, 0.25) is 0 Å². The van der Waals surface area contributed by atoms with Gasteiger partial charge in [0.2, 0.25) is 0 Å². The van der Waals surface area contributed by atoms with Crippen molar-refractivity contribution in [2.45, 2.75) is 26.4 Å². The normalized spacial score (nSPS) is 18.0. The van der Waals surface area contributed by atoms with Crippen molar-refractivity contribution < 1.29 is 9.90 Å². The first-order chi connectivity index (χ1) is 11.6. The third-order valence-electron chi connectivity index (χ3n) is 4.48. The number of rotatable bonds is 5. The van der Waals surface area contributed by atoms with E-state index in [1.807, 2.05) is 44.2 Å². The number of hydrogen-bond acceptors (Lipinski definition) is 4. The molecular formula is C18H24N4O2. The van der Waals surface area contributed by atoms with Gasteiger partial charge in [-0.05, 0) is 32.4 Å². The summed E-state index contributed by atoms with van der Waals surface area (Å²) in [7, 11) is 0. The van der Waals surface area contributed by atoms with Crippen LogP contribution in [-0.4, -0.2) is 58.0 Å². The van der Waals surface area contributed by atoms with Crippen LogP contribution < -0.4 is 5.32 Å². The van der Waals surface area contributed by atoms with E-state index in [4.69, 9.17) is 0 Å². The van der Waals surface area contributed by atoms with E-state index in [2.05, 4.69) is 15.3 Å². The van der Waals surface area contributed by atoms with Crippen molar-refractivity contribution in [2.75, 3.05) is 26.2 Å². The van der Waals surface area contributed by atoms with Gasteiger partial charge in [0.1, 0.15) is 0 Å². The second-order valence-electron chi connectivity index (χ2n) is 6.29. The lowest BCUT2D eigenvalue weighted by Crippen LogP contribution is -2.34. The van der Waals surface area contributed by atoms with E-state index in [1.54, 1.807) is 4.68 Å². The predicted octanol–water partition coefficient (Wildman–Crippen LogP) is 1.29. The van der Waals surface area contributed by atoms with Crippen LogP contribution in [-0.2, 0) is 0 Å². The number of amides is 1. The molecule has 24 heavy (non-hydrogen) atoms. The summed E-state index contributed by atoms with van der Waals surface area (Å²) in [6.07, 6.45) is 0.588. The Bertz CT molecular complexity index is 711. The van der Waals surface area contributed by atoms with Crippen LogP contribution in [0.25, 0.3) is 5.69 Å². The number of para-hydroxylation sites is 1. The van der Waals surface area contributed by atoms with Crippen molar-refractivity contribution in [2.24, 2.45) is 0 Å². The van der Waals surface area contributed by atoms with Crippen LogP contribution in [0.4, 0.5) is 0 Å². The minimum absolute atomic E-state index is 0.0908. The number of aryl methyl sites for hydroxylation is 1. The molecule has 2 heterocycles. The van der Waals surface area contributed by atoms with Crippen molar-refractivity contribution in [3.63, 3.8) is 0 Å². The highest BCUT2D eigenvalue weighted by Gasteiger charge is 2.21. The SMILES string of the molecule is Cc1nn(-c2ccccc2)c(C)c1C(=O)NCCN1CC[C@@H](O)C1. The lowest BCUT2D eigenvalue weighted by Gasteiger charge is -2.15. The molecule has 1 aliphatic heterocycles. The van der Waals surface area contributed by atoms with Gasteiger partial charge in [-0.2, -0.15) is 5.10 Å². The zero-order chi connectivity index (χ0) is 17.1. The summed E-state index contributed by atoms with van der Waals surface area (Å²) in [5, 5.41) is 17.0. The lowest BCUT2D eigenvalue weighted by molar-refractivity contribution is 0.0947. The quantitative estimate of drug-likeness (QED) is 0.868. The molecule has 0 unspecified atom stereocenters. The summed E-state index contributed by atoms with van der Waals surface area (Å²) in [6.45, 7) is 6.69. The van der Waals surface area contributed by atoms with Crippen LogP contribution in [0.1, 0.15) is 28.2 Å². The number of nitrogens with one attached hydrogen (secondary N) is 1. The Morgan fingerprint density at radius 3 is 2.75 bits per heavy atom. The zero-order valence-electron chi connectivity index (χ0n) is 14.2. The second-order valence-corrected chi connectivity index (χ2v) is 6.29. The third kappa shape index (κ3) is 3.49. The molecular weight excluding hydrogens is 304 g/mol. The summed E-state index contributed by atoms with van der Waals surface area (Å²) in [6, 6.07) is 9.81. The Morgan fingerprint density at radius 1 is 1.33 bits per heavy atom. The molecule has 2 N–H and O–H groups in total. The molecule has 1 atom stereocenters. The summed E-state index contributed by atoms with van der Waals surface area (Å²) >= 11 is 0. The predicted molar refractivity (Wildman–Crippen MR) is 92.4 cm³/mol. The molecule has 1 aromatic heterocycles. The zero-order valence-corrected chi connectivity index (χ0v) is 14.2. The number of likely N-dealkylation sites (tertiary alicyclic amines) is 1. The highest BCUT2D eigenvalue weighted by molar-refractivity contribution is 5.96. The summed E-state index contributed by atoms with van der Waals surface area (Å²) < 4.78 is 1.81. The van der Waals surface area contributed by atoms with Crippen molar-refractivity contribution >= 4 is 5.91 Å². The Labute approximate surface area is 142 Å². The summed E-state index contributed by atoms with van der Waals surface area (Å²) in [5.74, 6) is -0.0908. The number of aliphatic hydroxyl groups excluding tert-OH is 1. The molecule has 0 aliphatic carbocycles. The van der Waals surface area contributed by atoms with E-state index in [0.29, 0.717) is 18.7 Å². The lowest BCUT2D eigenvalue weighted by atomic mass is 10.2. The number of carbonyl (C=O) groups excluding carboxylic acids is 1. The molecule has 1 saturated heterocycles. The van der Waals surface area contributed by atoms with Gasteiger partial charge < -0.3 is 10.4 Å². The van der Waals surface area contributed by atoms with Gasteiger partial charge in [0.25, 0.3) is 5.91 Å². The Balaban J connectivity index is 1.66. The standard InChI is InChI=1S/C18H24N4O2/c1-13-17(14(2)22(20-13)15-6-4-3-5-7-15)18(24)19-9-11-21-10-8-16(23)12-21/h3-7,16,23H,8-12H2,1-2H3,(H,19,24)/t16-/m1/s1. The number of carbonyl (C=O) groups is 1. The average molecular weight is 328 g/mol. The second kappa shape index (κ2) is 7.15. The molecule has 1 fully saturated rings. The van der Waals surface area contributed by atoms with E-state index in [0.717, 1.165) is 36.6 Å². The van der Waals surface area contributed by atoms with E-state index < -0.39 is 0 Å². The number of hydrogen-bond donors (Lipinski definition) is 2. The van der Waals surface area contributed by atoms with E-state index in [1.165, 1.54) is 0 Å². The first kappa shape index (κ1) is 16.7. The molecule has 0 radical (unpaired) electrons. The summed E-state index contributed by atoms with van der Waals surface area (Å²) in [5.41, 5.74) is 3.15. The molecule has 1 amide bonds. The van der Waals surface area contributed by atoms with Gasteiger partial charge in [-0.25, -0.2) is 4.68 Å². The van der Waals surface area contributed by atoms with Gasteiger partial charge in [-0.1, -0.05) is 18.2 Å². The van der Waals surface area contributed by atoms with Crippen molar-refractivity contribution in [3.05, 3.63) is 47.3 Å². The average Bonchev–Trinajstić information content (AvgIpc) is 3.11. The minimum atomic E-state index is -0.228. The van der Waals surface area contributed by atoms with Crippen LogP contribution >= 0.6 is 0 Å². The topological polar surface area (TPSA) is 70.4 Å². The first-order valence-electron chi connectivity index (χ1n) is 8.36. The van der Waals surface area contributed by atoms with Gasteiger partial charge in [-0.15, -0.1) is 0 Å². The molecule has 0 spiro atoms. The maximum absolute atomic E-state index is 12.5. The molecule has 6 nitrogen and oxygen atoms in total. The molecule has 0 saturated carbocycles. The monoisotopic (exact) mass is 328 g/mol. The van der Waals surface area contributed by atoms with Gasteiger partial charge in [-0.3, -0.25) is 9.69 Å². The van der Waals surface area contributed by atoms with Crippen molar-refractivity contribution in [1.29, 1.82) is 0 Å². The van der Waals surface area contributed by atoms with Gasteiger partial charge in [0.15, 0.2) is 0 Å². The number of aliphatic hydroxyl groups is 1. The Kier molecular flexibility index (Phi) is 4.97. The van der Waals surface area contributed by atoms with Gasteiger partial charge in [0, 0.05) is 26.2 Å². The molecule has 6 heteroatoms. The maximum atomic E-state index is 12.5. The molecule has 3 rings (SSSR count). The van der Waals surface area contributed by atoms with Crippen molar-refractivity contribution in [3.8, 4) is 5.69 Å². The fourth-order valence-electron chi connectivity index (χ4n) is 3.22. The number of benzene rings is 1. The van der Waals surface area contributed by atoms with Gasteiger partial charge >= 0.3 is 0 Å². The van der Waals surface area contributed by atoms with Crippen LogP contribution in [0.5, 0.6) is 0 Å². The molecule has 128 valence electrons. The first-order valence-corrected chi connectivity index (χ1v) is 8.36. The van der Waals surface area contributed by atoms with E-state index in [9.17, 15) is 9.90 Å². The minimum Gasteiger partial charge on any atom is -0.392 e. The van der Waals surface area contributed by atoms with Crippen LogP contribution in [0.3, 0.4) is 0 Å². The van der Waals surface area contributed by atoms with Crippen molar-refractivity contribution in [1.82, 2.24) is 20.0 Å². The number of nitrogens with zero attached hydrogens (tertiary/aromatic N) is 3. The molecule has 1 aliphatic rings. The van der Waals surface area contributed by atoms with Gasteiger partial charge in [0.05, 0.1) is 28.7 Å².